The summed E-state index contributed by atoms with van der Waals surface area (Å²) in [6.07, 6.45) is 0.828. The summed E-state index contributed by atoms with van der Waals surface area (Å²) in [6, 6.07) is 2.41. The highest BCUT2D eigenvalue weighted by molar-refractivity contribution is 6.42. The molecule has 0 heterocycles. The summed E-state index contributed by atoms with van der Waals surface area (Å²) in [5.41, 5.74) is -1.14. The number of rotatable bonds is 7. The minimum atomic E-state index is -0.900. The van der Waals surface area contributed by atoms with Gasteiger partial charge in [0.05, 0.1) is 27.0 Å². The SMILES string of the molecule is CC(C)(CCCOc1cc(Cl)c(Cl)cc1[N+](=O)[O-])C(=O)O. The van der Waals surface area contributed by atoms with Crippen LogP contribution < -0.4 is 4.74 Å². The smallest absolute Gasteiger partial charge is 0.312 e. The Balaban J connectivity index is 2.70. The Morgan fingerprint density at radius 1 is 1.38 bits per heavy atom. The summed E-state index contributed by atoms with van der Waals surface area (Å²) in [6.45, 7) is 3.36. The molecular weight excluding hydrogens is 321 g/mol. The molecule has 0 aliphatic heterocycles. The minimum Gasteiger partial charge on any atom is -0.487 e. The fourth-order valence-electron chi connectivity index (χ4n) is 1.58. The maximum Gasteiger partial charge on any atom is 0.312 e. The van der Waals surface area contributed by atoms with Gasteiger partial charge in [0.1, 0.15) is 0 Å². The Bertz CT molecular complexity index is 560. The average molecular weight is 336 g/mol. The van der Waals surface area contributed by atoms with Crippen molar-refractivity contribution in [3.63, 3.8) is 0 Å². The molecule has 0 amide bonds. The molecule has 21 heavy (non-hydrogen) atoms. The van der Waals surface area contributed by atoms with Crippen molar-refractivity contribution in [3.05, 3.63) is 32.3 Å². The topological polar surface area (TPSA) is 89.7 Å². The fraction of sp³-hybridized carbons (Fsp3) is 0.462. The number of nitro benzene ring substituents is 1. The van der Waals surface area contributed by atoms with Crippen molar-refractivity contribution in [2.24, 2.45) is 5.41 Å². The molecule has 0 fully saturated rings. The zero-order valence-electron chi connectivity index (χ0n) is 11.6. The van der Waals surface area contributed by atoms with Crippen molar-refractivity contribution in [1.82, 2.24) is 0 Å². The summed E-state index contributed by atoms with van der Waals surface area (Å²) in [4.78, 5) is 21.2. The Labute approximate surface area is 131 Å². The predicted octanol–water partition coefficient (Wildman–Crippen LogP) is 4.17. The Morgan fingerprint density at radius 2 is 1.95 bits per heavy atom. The largest absolute Gasteiger partial charge is 0.487 e. The van der Waals surface area contributed by atoms with Crippen LogP contribution in [0.3, 0.4) is 0 Å². The van der Waals surface area contributed by atoms with Crippen molar-refractivity contribution in [1.29, 1.82) is 0 Å². The highest BCUT2D eigenvalue weighted by atomic mass is 35.5. The zero-order chi connectivity index (χ0) is 16.2. The molecule has 0 bridgehead atoms. The summed E-state index contributed by atoms with van der Waals surface area (Å²) in [5, 5.41) is 20.1. The van der Waals surface area contributed by atoms with Gasteiger partial charge in [-0.3, -0.25) is 14.9 Å². The van der Waals surface area contributed by atoms with E-state index in [9.17, 15) is 14.9 Å². The second kappa shape index (κ2) is 6.95. The van der Waals surface area contributed by atoms with E-state index in [2.05, 4.69) is 0 Å². The van der Waals surface area contributed by atoms with Crippen LogP contribution in [0.5, 0.6) is 5.75 Å². The summed E-state index contributed by atoms with van der Waals surface area (Å²) in [7, 11) is 0. The molecule has 1 rings (SSSR count). The van der Waals surface area contributed by atoms with Crippen LogP contribution in [0.1, 0.15) is 26.7 Å². The van der Waals surface area contributed by atoms with E-state index in [1.807, 2.05) is 0 Å². The molecule has 0 aliphatic carbocycles. The molecule has 0 saturated carbocycles. The summed E-state index contributed by atoms with van der Waals surface area (Å²) < 4.78 is 5.33. The van der Waals surface area contributed by atoms with Gasteiger partial charge in [-0.05, 0) is 26.7 Å². The number of benzene rings is 1. The maximum atomic E-state index is 10.9. The van der Waals surface area contributed by atoms with Crippen LogP contribution in [0.25, 0.3) is 0 Å². The van der Waals surface area contributed by atoms with Crippen LogP contribution in [-0.2, 0) is 4.79 Å². The molecule has 0 aliphatic rings. The van der Waals surface area contributed by atoms with Crippen molar-refractivity contribution >= 4 is 34.9 Å². The van der Waals surface area contributed by atoms with Crippen LogP contribution >= 0.6 is 23.2 Å². The lowest BCUT2D eigenvalue weighted by molar-refractivity contribution is -0.385. The number of carbonyl (C=O) groups is 1. The number of ether oxygens (including phenoxy) is 1. The molecule has 8 heteroatoms. The quantitative estimate of drug-likeness (QED) is 0.458. The molecular formula is C13H15Cl2NO5. The number of aliphatic carboxylic acids is 1. The molecule has 1 aromatic carbocycles. The Hall–Kier alpha value is -1.53. The van der Waals surface area contributed by atoms with Gasteiger partial charge >= 0.3 is 11.7 Å². The van der Waals surface area contributed by atoms with E-state index in [4.69, 9.17) is 33.0 Å². The Morgan fingerprint density at radius 3 is 2.48 bits per heavy atom. The fourth-order valence-corrected chi connectivity index (χ4v) is 1.89. The van der Waals surface area contributed by atoms with Gasteiger partial charge in [0.15, 0.2) is 5.75 Å². The monoisotopic (exact) mass is 335 g/mol. The first-order valence-corrected chi connectivity index (χ1v) is 6.90. The molecule has 0 unspecified atom stereocenters. The van der Waals surface area contributed by atoms with Gasteiger partial charge < -0.3 is 9.84 Å². The van der Waals surface area contributed by atoms with Gasteiger partial charge in [0.2, 0.25) is 0 Å². The van der Waals surface area contributed by atoms with Crippen LogP contribution in [0.15, 0.2) is 12.1 Å². The van der Waals surface area contributed by atoms with Gasteiger partial charge in [-0.15, -0.1) is 0 Å². The highest BCUT2D eigenvalue weighted by Crippen LogP contribution is 2.35. The van der Waals surface area contributed by atoms with Crippen molar-refractivity contribution < 1.29 is 19.6 Å². The van der Waals surface area contributed by atoms with Crippen molar-refractivity contribution in [2.45, 2.75) is 26.7 Å². The number of hydrogen-bond acceptors (Lipinski definition) is 4. The second-order valence-corrected chi connectivity index (χ2v) is 5.95. The second-order valence-electron chi connectivity index (χ2n) is 5.13. The first-order valence-electron chi connectivity index (χ1n) is 6.15. The number of carboxylic acids is 1. The van der Waals surface area contributed by atoms with E-state index in [-0.39, 0.29) is 28.1 Å². The molecule has 0 aromatic heterocycles. The van der Waals surface area contributed by atoms with Crippen LogP contribution in [0.4, 0.5) is 5.69 Å². The lowest BCUT2D eigenvalue weighted by Gasteiger charge is -2.18. The van der Waals surface area contributed by atoms with Crippen molar-refractivity contribution in [3.8, 4) is 5.75 Å². The van der Waals surface area contributed by atoms with Gasteiger partial charge in [0.25, 0.3) is 0 Å². The van der Waals surface area contributed by atoms with Gasteiger partial charge in [-0.1, -0.05) is 23.2 Å². The molecule has 0 atom stereocenters. The molecule has 1 N–H and O–H groups in total. The van der Waals surface area contributed by atoms with E-state index >= 15 is 0 Å². The van der Waals surface area contributed by atoms with Crippen LogP contribution in [0.2, 0.25) is 10.0 Å². The number of nitrogens with zero attached hydrogens (tertiary/aromatic N) is 1. The number of halogens is 2. The Kier molecular flexibility index (Phi) is 5.80. The first-order chi connectivity index (χ1) is 9.65. The third-order valence-electron chi connectivity index (χ3n) is 2.98. The third-order valence-corrected chi connectivity index (χ3v) is 3.70. The molecule has 0 radical (unpaired) electrons. The molecule has 6 nitrogen and oxygen atoms in total. The van der Waals surface area contributed by atoms with Gasteiger partial charge in [0, 0.05) is 12.1 Å². The maximum absolute atomic E-state index is 10.9. The van der Waals surface area contributed by atoms with Crippen molar-refractivity contribution in [2.75, 3.05) is 6.61 Å². The first kappa shape index (κ1) is 17.5. The van der Waals surface area contributed by atoms with Gasteiger partial charge in [-0.2, -0.15) is 0 Å². The normalized spacial score (nSPS) is 11.2. The predicted molar refractivity (Wildman–Crippen MR) is 79.3 cm³/mol. The van der Waals surface area contributed by atoms with Crippen LogP contribution in [0, 0.1) is 15.5 Å². The minimum absolute atomic E-state index is 0.0162. The molecule has 1 aromatic rings. The molecule has 116 valence electrons. The molecule has 0 saturated heterocycles. The van der Waals surface area contributed by atoms with Gasteiger partial charge in [-0.25, -0.2) is 0 Å². The lowest BCUT2D eigenvalue weighted by Crippen LogP contribution is -2.24. The third kappa shape index (κ3) is 4.75. The average Bonchev–Trinajstić information content (AvgIpc) is 2.37. The van der Waals surface area contributed by atoms with E-state index in [1.165, 1.54) is 6.07 Å². The van der Waals surface area contributed by atoms with E-state index in [0.717, 1.165) is 6.07 Å². The summed E-state index contributed by atoms with van der Waals surface area (Å²) >= 11 is 11.5. The van der Waals surface area contributed by atoms with E-state index < -0.39 is 16.3 Å². The number of carboxylic acid groups (broad SMARTS) is 1. The lowest BCUT2D eigenvalue weighted by atomic mass is 9.88. The van der Waals surface area contributed by atoms with Crippen LogP contribution in [-0.4, -0.2) is 22.6 Å². The van der Waals surface area contributed by atoms with E-state index in [1.54, 1.807) is 13.8 Å². The molecule has 0 spiro atoms. The zero-order valence-corrected chi connectivity index (χ0v) is 13.1. The standard InChI is InChI=1S/C13H15Cl2NO5/c1-13(2,12(17)18)4-3-5-21-11-7-9(15)8(14)6-10(11)16(19)20/h6-7H,3-5H2,1-2H3,(H,17,18). The van der Waals surface area contributed by atoms with E-state index in [0.29, 0.717) is 12.8 Å². The summed E-state index contributed by atoms with van der Waals surface area (Å²) in [5.74, 6) is -0.884. The highest BCUT2D eigenvalue weighted by Gasteiger charge is 2.26. The number of hydrogen-bond donors (Lipinski definition) is 1. The number of nitro groups is 1.